The summed E-state index contributed by atoms with van der Waals surface area (Å²) in [5.74, 6) is 3.85. The van der Waals surface area contributed by atoms with Gasteiger partial charge in [-0.25, -0.2) is 0 Å². The molecule has 0 aromatic carbocycles. The number of ether oxygens (including phenoxy) is 1. The van der Waals surface area contributed by atoms with Gasteiger partial charge in [-0.1, -0.05) is 0 Å². The lowest BCUT2D eigenvalue weighted by Gasteiger charge is -2.21. The average molecular weight is 214 g/mol. The minimum atomic E-state index is 0.226. The second kappa shape index (κ2) is 5.17. The van der Waals surface area contributed by atoms with Crippen molar-refractivity contribution < 1.29 is 9.53 Å². The number of carbonyl (C=O) groups is 1. The smallest absolute Gasteiger partial charge is 0.138 e. The Bertz CT molecular complexity index is 193. The molecule has 2 heterocycles. The molecule has 0 amide bonds. The Kier molecular flexibility index (Phi) is 3.88. The maximum absolute atomic E-state index is 11.8. The fourth-order valence-electron chi connectivity index (χ4n) is 2.19. The fraction of sp³-hybridized carbons (Fsp3) is 0.909. The molecule has 0 aromatic heterocycles. The van der Waals surface area contributed by atoms with Gasteiger partial charge in [-0.3, -0.25) is 4.79 Å². The van der Waals surface area contributed by atoms with Gasteiger partial charge in [0.05, 0.1) is 6.61 Å². The van der Waals surface area contributed by atoms with Crippen LogP contribution in [0.25, 0.3) is 0 Å². The molecule has 2 fully saturated rings. The number of hydrogen-bond acceptors (Lipinski definition) is 3. The van der Waals surface area contributed by atoms with Gasteiger partial charge in [0, 0.05) is 18.9 Å². The molecule has 2 aliphatic heterocycles. The van der Waals surface area contributed by atoms with E-state index in [1.807, 2.05) is 11.8 Å². The van der Waals surface area contributed by atoms with Crippen LogP contribution in [0.3, 0.4) is 0 Å². The monoisotopic (exact) mass is 214 g/mol. The van der Waals surface area contributed by atoms with E-state index in [9.17, 15) is 4.79 Å². The molecule has 0 aromatic rings. The van der Waals surface area contributed by atoms with E-state index in [4.69, 9.17) is 4.74 Å². The average Bonchev–Trinajstić information content (AvgIpc) is 2.72. The molecule has 3 heteroatoms. The van der Waals surface area contributed by atoms with Gasteiger partial charge in [0.2, 0.25) is 0 Å². The van der Waals surface area contributed by atoms with Crippen molar-refractivity contribution in [1.82, 2.24) is 0 Å². The van der Waals surface area contributed by atoms with E-state index < -0.39 is 0 Å². The van der Waals surface area contributed by atoms with Crippen LogP contribution in [0.1, 0.15) is 25.7 Å². The van der Waals surface area contributed by atoms with Crippen molar-refractivity contribution in [2.24, 2.45) is 11.8 Å². The van der Waals surface area contributed by atoms with Crippen molar-refractivity contribution >= 4 is 17.5 Å². The Morgan fingerprint density at radius 1 is 1.29 bits per heavy atom. The summed E-state index contributed by atoms with van der Waals surface area (Å²) in [6.45, 7) is 1.47. The van der Waals surface area contributed by atoms with Crippen LogP contribution in [0, 0.1) is 11.8 Å². The van der Waals surface area contributed by atoms with Gasteiger partial charge < -0.3 is 4.74 Å². The molecule has 80 valence electrons. The Labute approximate surface area is 89.8 Å². The van der Waals surface area contributed by atoms with E-state index >= 15 is 0 Å². The van der Waals surface area contributed by atoms with E-state index in [2.05, 4.69) is 0 Å². The lowest BCUT2D eigenvalue weighted by atomic mass is 9.90. The molecule has 14 heavy (non-hydrogen) atoms. The van der Waals surface area contributed by atoms with Gasteiger partial charge in [-0.15, -0.1) is 0 Å². The molecular weight excluding hydrogens is 196 g/mol. The molecule has 1 unspecified atom stereocenters. The van der Waals surface area contributed by atoms with Crippen LogP contribution in [0.4, 0.5) is 0 Å². The highest BCUT2D eigenvalue weighted by molar-refractivity contribution is 7.99. The molecule has 0 saturated carbocycles. The highest BCUT2D eigenvalue weighted by Crippen LogP contribution is 2.27. The Morgan fingerprint density at radius 3 is 2.71 bits per heavy atom. The van der Waals surface area contributed by atoms with Crippen LogP contribution in [0.5, 0.6) is 0 Å². The Hall–Kier alpha value is -0.0200. The zero-order valence-electron chi connectivity index (χ0n) is 8.54. The van der Waals surface area contributed by atoms with Gasteiger partial charge in [0.15, 0.2) is 0 Å². The lowest BCUT2D eigenvalue weighted by Crippen LogP contribution is -2.20. The summed E-state index contributed by atoms with van der Waals surface area (Å²) >= 11 is 2.02. The molecule has 0 aliphatic carbocycles. The zero-order chi connectivity index (χ0) is 9.80. The molecule has 0 N–H and O–H groups in total. The standard InChI is InChI=1S/C11H18O2S/c12-11(10-1-4-13-8-10)7-9-2-5-14-6-3-9/h9-10H,1-8H2. The third-order valence-electron chi connectivity index (χ3n) is 3.22. The third kappa shape index (κ3) is 2.74. The topological polar surface area (TPSA) is 26.3 Å². The first kappa shape index (κ1) is 10.5. The summed E-state index contributed by atoms with van der Waals surface area (Å²) in [6, 6.07) is 0. The minimum Gasteiger partial charge on any atom is -0.381 e. The number of carbonyl (C=O) groups excluding carboxylic acids is 1. The van der Waals surface area contributed by atoms with Crippen LogP contribution in [0.15, 0.2) is 0 Å². The Morgan fingerprint density at radius 2 is 2.07 bits per heavy atom. The van der Waals surface area contributed by atoms with Gasteiger partial charge in [0.25, 0.3) is 0 Å². The first-order valence-electron chi connectivity index (χ1n) is 5.54. The van der Waals surface area contributed by atoms with E-state index in [1.165, 1.54) is 24.3 Å². The van der Waals surface area contributed by atoms with Crippen molar-refractivity contribution in [3.05, 3.63) is 0 Å². The molecular formula is C11H18O2S. The first-order chi connectivity index (χ1) is 6.86. The van der Waals surface area contributed by atoms with Gasteiger partial charge in [-0.2, -0.15) is 11.8 Å². The third-order valence-corrected chi connectivity index (χ3v) is 4.26. The van der Waals surface area contributed by atoms with Gasteiger partial charge >= 0.3 is 0 Å². The SMILES string of the molecule is O=C(CC1CCSCC1)C1CCOC1. The van der Waals surface area contributed by atoms with Crippen molar-refractivity contribution in [3.8, 4) is 0 Å². The molecule has 2 nitrogen and oxygen atoms in total. The zero-order valence-corrected chi connectivity index (χ0v) is 9.35. The van der Waals surface area contributed by atoms with E-state index in [0.717, 1.165) is 19.4 Å². The highest BCUT2D eigenvalue weighted by atomic mass is 32.2. The van der Waals surface area contributed by atoms with Crippen LogP contribution < -0.4 is 0 Å². The normalized spacial score (nSPS) is 29.3. The van der Waals surface area contributed by atoms with Crippen LogP contribution in [-0.4, -0.2) is 30.5 Å². The van der Waals surface area contributed by atoms with Crippen molar-refractivity contribution in [2.45, 2.75) is 25.7 Å². The number of rotatable bonds is 3. The predicted molar refractivity (Wildman–Crippen MR) is 58.6 cm³/mol. The maximum Gasteiger partial charge on any atom is 0.138 e. The van der Waals surface area contributed by atoms with Crippen molar-refractivity contribution in [2.75, 3.05) is 24.7 Å². The van der Waals surface area contributed by atoms with Crippen molar-refractivity contribution in [1.29, 1.82) is 0 Å². The van der Waals surface area contributed by atoms with Gasteiger partial charge in [-0.05, 0) is 36.7 Å². The fourth-order valence-corrected chi connectivity index (χ4v) is 3.39. The summed E-state index contributed by atoms with van der Waals surface area (Å²) in [5, 5.41) is 0. The summed E-state index contributed by atoms with van der Waals surface area (Å²) in [6.07, 6.45) is 4.25. The second-order valence-electron chi connectivity index (χ2n) is 4.29. The number of ketones is 1. The molecule has 2 aliphatic rings. The molecule has 2 rings (SSSR count). The second-order valence-corrected chi connectivity index (χ2v) is 5.51. The number of Topliss-reactive ketones (excluding diaryl/α,β-unsaturated/α-hetero) is 1. The molecule has 1 atom stereocenters. The minimum absolute atomic E-state index is 0.226. The van der Waals surface area contributed by atoms with Crippen LogP contribution in [-0.2, 0) is 9.53 Å². The highest BCUT2D eigenvalue weighted by Gasteiger charge is 2.26. The summed E-state index contributed by atoms with van der Waals surface area (Å²) in [7, 11) is 0. The van der Waals surface area contributed by atoms with E-state index in [0.29, 0.717) is 18.3 Å². The molecule has 2 saturated heterocycles. The Balaban J connectivity index is 1.75. The number of thioether (sulfide) groups is 1. The molecule has 0 bridgehead atoms. The molecule has 0 spiro atoms. The molecule has 0 radical (unpaired) electrons. The van der Waals surface area contributed by atoms with Crippen molar-refractivity contribution in [3.63, 3.8) is 0 Å². The largest absolute Gasteiger partial charge is 0.381 e. The van der Waals surface area contributed by atoms with Crippen LogP contribution in [0.2, 0.25) is 0 Å². The maximum atomic E-state index is 11.8. The van der Waals surface area contributed by atoms with Crippen LogP contribution >= 0.6 is 11.8 Å². The summed E-state index contributed by atoms with van der Waals surface area (Å²) in [4.78, 5) is 11.8. The lowest BCUT2D eigenvalue weighted by molar-refractivity contribution is -0.123. The van der Waals surface area contributed by atoms with E-state index in [1.54, 1.807) is 0 Å². The van der Waals surface area contributed by atoms with Gasteiger partial charge in [0.1, 0.15) is 5.78 Å². The summed E-state index contributed by atoms with van der Waals surface area (Å²) < 4.78 is 5.24. The van der Waals surface area contributed by atoms with E-state index in [-0.39, 0.29) is 5.92 Å². The predicted octanol–water partition coefficient (Wildman–Crippen LogP) is 2.13. The quantitative estimate of drug-likeness (QED) is 0.720. The summed E-state index contributed by atoms with van der Waals surface area (Å²) in [5.41, 5.74) is 0. The first-order valence-corrected chi connectivity index (χ1v) is 6.70. The number of hydrogen-bond donors (Lipinski definition) is 0.